The van der Waals surface area contributed by atoms with Crippen LogP contribution in [0.25, 0.3) is 0 Å². The van der Waals surface area contributed by atoms with Gasteiger partial charge < -0.3 is 10.2 Å². The fourth-order valence-corrected chi connectivity index (χ4v) is 0.533. The second kappa shape index (κ2) is 4.36. The van der Waals surface area contributed by atoms with Crippen LogP contribution in [-0.2, 0) is 0 Å². The molecule has 0 fully saturated rings. The second-order valence-electron chi connectivity index (χ2n) is 1.57. The van der Waals surface area contributed by atoms with E-state index in [0.717, 1.165) is 0 Å². The Labute approximate surface area is 69.7 Å². The molecule has 1 aromatic rings. The molecule has 0 atom stereocenters. The van der Waals surface area contributed by atoms with Crippen molar-refractivity contribution in [2.24, 2.45) is 10.7 Å². The summed E-state index contributed by atoms with van der Waals surface area (Å²) in [6.07, 6.45) is 3.03. The van der Waals surface area contributed by atoms with Gasteiger partial charge in [0.1, 0.15) is 0 Å². The number of rotatable bonds is 1. The van der Waals surface area contributed by atoms with E-state index >= 15 is 0 Å². The van der Waals surface area contributed by atoms with Gasteiger partial charge in [0.15, 0.2) is 11.6 Å². The first-order valence-electron chi connectivity index (χ1n) is 2.60. The summed E-state index contributed by atoms with van der Waals surface area (Å²) in [5, 5.41) is 8.08. The molecule has 0 radical (unpaired) electrons. The number of nitrogens with two attached hydrogens (primary N) is 1. The van der Waals surface area contributed by atoms with Crippen molar-refractivity contribution in [2.75, 3.05) is 0 Å². The van der Waals surface area contributed by atoms with Crippen LogP contribution < -0.4 is 5.73 Å². The molecule has 0 aliphatic carbocycles. The molecule has 0 aromatic carbocycles. The minimum atomic E-state index is 0. The zero-order valence-corrected chi connectivity index (χ0v) is 6.34. The van der Waals surface area contributed by atoms with Crippen LogP contribution in [0, 0.1) is 11.5 Å². The highest BCUT2D eigenvalue weighted by molar-refractivity contribution is 5.95. The van der Waals surface area contributed by atoms with Gasteiger partial charge in [-0.2, -0.15) is 10.3 Å². The number of hydrogen-bond acceptors (Lipinski definition) is 3. The molecule has 0 bridgehead atoms. The molecule has 11 heavy (non-hydrogen) atoms. The van der Waals surface area contributed by atoms with Gasteiger partial charge in [0.05, 0.1) is 6.26 Å². The number of hydrogen-bond donors (Lipinski definition) is 1. The summed E-state index contributed by atoms with van der Waals surface area (Å²) in [5.41, 5.74) is 5.28. The van der Waals surface area contributed by atoms with E-state index in [2.05, 4.69) is 4.99 Å². The average molecular weight is 172 g/mol. The summed E-state index contributed by atoms with van der Waals surface area (Å²) in [7, 11) is 0. The van der Waals surface area contributed by atoms with Crippen molar-refractivity contribution < 1.29 is 4.42 Å². The number of halogens is 1. The van der Waals surface area contributed by atoms with E-state index in [4.69, 9.17) is 15.4 Å². The van der Waals surface area contributed by atoms with E-state index < -0.39 is 0 Å². The van der Waals surface area contributed by atoms with Crippen LogP contribution in [0.1, 0.15) is 5.76 Å². The minimum absolute atomic E-state index is 0. The molecule has 1 heterocycles. The molecule has 58 valence electrons. The highest BCUT2D eigenvalue weighted by Crippen LogP contribution is 1.97. The largest absolute Gasteiger partial charge is 0.461 e. The first-order chi connectivity index (χ1) is 4.84. The predicted molar refractivity (Wildman–Crippen MR) is 42.3 cm³/mol. The van der Waals surface area contributed by atoms with Gasteiger partial charge in [-0.25, -0.2) is 0 Å². The summed E-state index contributed by atoms with van der Waals surface area (Å²) < 4.78 is 4.84. The lowest BCUT2D eigenvalue weighted by Crippen LogP contribution is -2.11. The van der Waals surface area contributed by atoms with Crippen molar-refractivity contribution >= 4 is 18.2 Å². The molecule has 0 saturated carbocycles. The van der Waals surface area contributed by atoms with Gasteiger partial charge in [0.2, 0.25) is 6.19 Å². The third-order valence-corrected chi connectivity index (χ3v) is 0.944. The highest BCUT2D eigenvalue weighted by Gasteiger charge is 1.98. The zero-order chi connectivity index (χ0) is 7.40. The third kappa shape index (κ3) is 2.32. The molecule has 2 N–H and O–H groups in total. The highest BCUT2D eigenvalue weighted by atomic mass is 35.5. The fourth-order valence-electron chi connectivity index (χ4n) is 0.533. The van der Waals surface area contributed by atoms with E-state index in [-0.39, 0.29) is 18.2 Å². The molecule has 0 spiro atoms. The number of aliphatic imine (C=N–C) groups is 1. The Morgan fingerprint density at radius 3 is 2.91 bits per heavy atom. The van der Waals surface area contributed by atoms with Crippen LogP contribution in [0.3, 0.4) is 0 Å². The first kappa shape index (κ1) is 9.53. The molecule has 4 nitrogen and oxygen atoms in total. The van der Waals surface area contributed by atoms with E-state index in [9.17, 15) is 0 Å². The Balaban J connectivity index is 0.000001000. The van der Waals surface area contributed by atoms with Crippen molar-refractivity contribution in [2.45, 2.75) is 0 Å². The van der Waals surface area contributed by atoms with Gasteiger partial charge in [-0.15, -0.1) is 12.4 Å². The van der Waals surface area contributed by atoms with E-state index in [1.54, 1.807) is 18.3 Å². The first-order valence-corrected chi connectivity index (χ1v) is 2.60. The Morgan fingerprint density at radius 1 is 1.73 bits per heavy atom. The normalized spacial score (nSPS) is 9.91. The van der Waals surface area contributed by atoms with Gasteiger partial charge in [-0.05, 0) is 12.1 Å². The number of amidine groups is 1. The standard InChI is InChI=1S/C6H5N3O.ClH/c7-4-9-6(8)5-2-1-3-10-5;/h1-3H,(H2,8,9);1H. The summed E-state index contributed by atoms with van der Waals surface area (Å²) >= 11 is 0. The average Bonchev–Trinajstić information content (AvgIpc) is 2.38. The van der Waals surface area contributed by atoms with Crippen LogP contribution in [0.15, 0.2) is 27.8 Å². The summed E-state index contributed by atoms with van der Waals surface area (Å²) in [5.74, 6) is 0.522. The van der Waals surface area contributed by atoms with Crippen LogP contribution >= 0.6 is 12.4 Å². The molecular formula is C6H6ClN3O. The fraction of sp³-hybridized carbons (Fsp3) is 0. The molecule has 1 rings (SSSR count). The van der Waals surface area contributed by atoms with Crippen molar-refractivity contribution in [3.05, 3.63) is 24.2 Å². The van der Waals surface area contributed by atoms with Gasteiger partial charge in [0, 0.05) is 0 Å². The van der Waals surface area contributed by atoms with Crippen molar-refractivity contribution in [3.63, 3.8) is 0 Å². The monoisotopic (exact) mass is 171 g/mol. The predicted octanol–water partition coefficient (Wildman–Crippen LogP) is 0.888. The number of nitriles is 1. The van der Waals surface area contributed by atoms with Gasteiger partial charge in [0.25, 0.3) is 0 Å². The smallest absolute Gasteiger partial charge is 0.207 e. The Morgan fingerprint density at radius 2 is 2.45 bits per heavy atom. The molecule has 1 aromatic heterocycles. The zero-order valence-electron chi connectivity index (χ0n) is 5.52. The molecule has 5 heteroatoms. The topological polar surface area (TPSA) is 75.3 Å². The minimum Gasteiger partial charge on any atom is -0.461 e. The van der Waals surface area contributed by atoms with Gasteiger partial charge >= 0.3 is 0 Å². The van der Waals surface area contributed by atoms with Crippen LogP contribution in [0.2, 0.25) is 0 Å². The molecule has 0 aliphatic heterocycles. The van der Waals surface area contributed by atoms with E-state index in [1.165, 1.54) is 6.26 Å². The second-order valence-corrected chi connectivity index (χ2v) is 1.57. The SMILES string of the molecule is Cl.N#CN=C(N)c1ccco1. The van der Waals surface area contributed by atoms with Crippen LogP contribution in [0.5, 0.6) is 0 Å². The number of furan rings is 1. The van der Waals surface area contributed by atoms with E-state index in [0.29, 0.717) is 5.76 Å². The van der Waals surface area contributed by atoms with Crippen molar-refractivity contribution in [3.8, 4) is 6.19 Å². The number of nitrogens with zero attached hydrogens (tertiary/aromatic N) is 2. The molecule has 0 unspecified atom stereocenters. The molecule has 0 saturated heterocycles. The Kier molecular flexibility index (Phi) is 3.78. The van der Waals surface area contributed by atoms with Gasteiger partial charge in [-0.3, -0.25) is 0 Å². The van der Waals surface area contributed by atoms with E-state index in [1.807, 2.05) is 0 Å². The summed E-state index contributed by atoms with van der Waals surface area (Å²) in [6.45, 7) is 0. The Bertz CT molecular complexity index is 273. The quantitative estimate of drug-likeness (QED) is 0.387. The lowest BCUT2D eigenvalue weighted by molar-refractivity contribution is 0.557. The molecule has 0 amide bonds. The lowest BCUT2D eigenvalue weighted by Gasteiger charge is -1.87. The van der Waals surface area contributed by atoms with Gasteiger partial charge in [-0.1, -0.05) is 0 Å². The maximum atomic E-state index is 8.08. The van der Waals surface area contributed by atoms with Crippen LogP contribution in [-0.4, -0.2) is 5.84 Å². The maximum Gasteiger partial charge on any atom is 0.207 e. The summed E-state index contributed by atoms with van der Waals surface area (Å²) in [6, 6.07) is 3.31. The van der Waals surface area contributed by atoms with Crippen molar-refractivity contribution in [1.82, 2.24) is 0 Å². The van der Waals surface area contributed by atoms with Crippen LogP contribution in [0.4, 0.5) is 0 Å². The molecular weight excluding hydrogens is 166 g/mol. The lowest BCUT2D eigenvalue weighted by atomic mass is 10.4. The molecule has 0 aliphatic rings. The summed E-state index contributed by atoms with van der Waals surface area (Å²) in [4.78, 5) is 3.27. The Hall–Kier alpha value is -1.47. The maximum absolute atomic E-state index is 8.08. The van der Waals surface area contributed by atoms with Crippen molar-refractivity contribution in [1.29, 1.82) is 5.26 Å². The third-order valence-electron chi connectivity index (χ3n) is 0.944.